The van der Waals surface area contributed by atoms with E-state index in [1.54, 1.807) is 24.8 Å². The monoisotopic (exact) mass is 469 g/mol. The second-order valence-corrected chi connectivity index (χ2v) is 10.3. The van der Waals surface area contributed by atoms with Gasteiger partial charge in [-0.25, -0.2) is 9.97 Å². The zero-order valence-electron chi connectivity index (χ0n) is 17.9. The first-order valence-electron chi connectivity index (χ1n) is 10.5. The van der Waals surface area contributed by atoms with E-state index >= 15 is 0 Å². The number of nitrogens with one attached hydrogen (secondary N) is 3. The standard InChI is InChI=1S/C22H23N5O3S2/c1-10(2)25-20(28)11-4-5-12-16(6-11)31-21-18(12)19(23-9-24-21)26-13-8-17-14(7-15(13)30-3)27-22(29)32-17/h7-11H,4-6H2,1-3H3,(H,25,28)(H,27,29)(H,23,24,26). The van der Waals surface area contributed by atoms with Crippen LogP contribution in [-0.4, -0.2) is 34.0 Å². The van der Waals surface area contributed by atoms with Crippen LogP contribution in [0.15, 0.2) is 23.3 Å². The maximum Gasteiger partial charge on any atom is 0.305 e. The lowest BCUT2D eigenvalue weighted by atomic mass is 9.87. The van der Waals surface area contributed by atoms with Crippen molar-refractivity contribution in [3.8, 4) is 5.75 Å². The summed E-state index contributed by atoms with van der Waals surface area (Å²) in [6.07, 6.45) is 3.89. The predicted octanol–water partition coefficient (Wildman–Crippen LogP) is 3.98. The van der Waals surface area contributed by atoms with Crippen molar-refractivity contribution in [2.75, 3.05) is 12.4 Å². The Bertz CT molecular complexity index is 1390. The van der Waals surface area contributed by atoms with E-state index in [1.165, 1.54) is 10.4 Å². The Hall–Kier alpha value is -2.98. The fourth-order valence-electron chi connectivity index (χ4n) is 4.20. The second kappa shape index (κ2) is 8.18. The van der Waals surface area contributed by atoms with Gasteiger partial charge >= 0.3 is 4.87 Å². The first kappa shape index (κ1) is 20.9. The Morgan fingerprint density at radius 3 is 2.91 bits per heavy atom. The van der Waals surface area contributed by atoms with Crippen LogP contribution >= 0.6 is 22.7 Å². The molecule has 1 aliphatic carbocycles. The van der Waals surface area contributed by atoms with Gasteiger partial charge < -0.3 is 20.4 Å². The van der Waals surface area contributed by atoms with Gasteiger partial charge in [-0.1, -0.05) is 11.3 Å². The van der Waals surface area contributed by atoms with E-state index < -0.39 is 0 Å². The Balaban J connectivity index is 1.52. The molecule has 3 heterocycles. The lowest BCUT2D eigenvalue weighted by Crippen LogP contribution is -2.37. The van der Waals surface area contributed by atoms with Crippen LogP contribution < -0.4 is 20.2 Å². The number of anilines is 2. The molecule has 1 atom stereocenters. The molecule has 1 amide bonds. The van der Waals surface area contributed by atoms with Gasteiger partial charge in [0.25, 0.3) is 0 Å². The zero-order valence-corrected chi connectivity index (χ0v) is 19.6. The molecule has 0 saturated carbocycles. The molecule has 0 aliphatic heterocycles. The molecule has 3 N–H and O–H groups in total. The second-order valence-electron chi connectivity index (χ2n) is 8.20. The van der Waals surface area contributed by atoms with Crippen LogP contribution in [0.3, 0.4) is 0 Å². The molecular weight excluding hydrogens is 446 g/mol. The molecule has 4 aromatic rings. The lowest BCUT2D eigenvalue weighted by Gasteiger charge is -2.23. The highest BCUT2D eigenvalue weighted by molar-refractivity contribution is 7.19. The molecule has 1 aliphatic rings. The average molecular weight is 470 g/mol. The summed E-state index contributed by atoms with van der Waals surface area (Å²) in [5, 5.41) is 7.44. The molecule has 0 spiro atoms. The zero-order chi connectivity index (χ0) is 22.4. The first-order valence-corrected chi connectivity index (χ1v) is 12.1. The van der Waals surface area contributed by atoms with E-state index in [2.05, 4.69) is 25.6 Å². The number of methoxy groups -OCH3 is 1. The number of thiophene rings is 1. The van der Waals surface area contributed by atoms with E-state index in [4.69, 9.17) is 4.74 Å². The van der Waals surface area contributed by atoms with Crippen molar-refractivity contribution in [1.82, 2.24) is 20.3 Å². The third kappa shape index (κ3) is 3.73. The highest BCUT2D eigenvalue weighted by Crippen LogP contribution is 2.41. The summed E-state index contributed by atoms with van der Waals surface area (Å²) in [5.74, 6) is 1.43. The minimum atomic E-state index is -0.105. The van der Waals surface area contributed by atoms with Gasteiger partial charge in [-0.15, -0.1) is 11.3 Å². The molecule has 0 saturated heterocycles. The van der Waals surface area contributed by atoms with E-state index in [0.29, 0.717) is 11.6 Å². The molecule has 5 rings (SSSR count). The molecule has 0 bridgehead atoms. The molecule has 0 radical (unpaired) electrons. The third-order valence-electron chi connectivity index (χ3n) is 5.64. The first-order chi connectivity index (χ1) is 15.4. The van der Waals surface area contributed by atoms with E-state index in [0.717, 1.165) is 56.7 Å². The Kier molecular flexibility index (Phi) is 5.34. The van der Waals surface area contributed by atoms with Crippen LogP contribution in [0.4, 0.5) is 11.5 Å². The van der Waals surface area contributed by atoms with Crippen molar-refractivity contribution < 1.29 is 9.53 Å². The summed E-state index contributed by atoms with van der Waals surface area (Å²) in [6, 6.07) is 3.85. The number of nitrogens with zero attached hydrogens (tertiary/aromatic N) is 2. The SMILES string of the molecule is COc1cc2[nH]c(=O)sc2cc1Nc1ncnc2sc3c(c12)CCC(C(=O)NC(C)C)C3. The number of carbonyl (C=O) groups excluding carboxylic acids is 1. The molecule has 166 valence electrons. The number of fused-ring (bicyclic) bond motifs is 4. The molecule has 10 heteroatoms. The predicted molar refractivity (Wildman–Crippen MR) is 128 cm³/mol. The number of benzene rings is 1. The molecule has 32 heavy (non-hydrogen) atoms. The number of H-pyrrole nitrogens is 1. The van der Waals surface area contributed by atoms with Crippen LogP contribution in [0.1, 0.15) is 30.7 Å². The van der Waals surface area contributed by atoms with Crippen LogP contribution in [-0.2, 0) is 17.6 Å². The fourth-order valence-corrected chi connectivity index (χ4v) is 6.23. The van der Waals surface area contributed by atoms with Gasteiger partial charge in [0, 0.05) is 22.9 Å². The van der Waals surface area contributed by atoms with Crippen molar-refractivity contribution in [2.45, 2.75) is 39.2 Å². The summed E-state index contributed by atoms with van der Waals surface area (Å²) < 4.78 is 6.39. The minimum absolute atomic E-state index is 0.0128. The van der Waals surface area contributed by atoms with Crippen LogP contribution in [0.2, 0.25) is 0 Å². The van der Waals surface area contributed by atoms with E-state index in [-0.39, 0.29) is 22.7 Å². The van der Waals surface area contributed by atoms with Gasteiger partial charge in [-0.3, -0.25) is 9.59 Å². The number of aromatic amines is 1. The van der Waals surface area contributed by atoms with Crippen LogP contribution in [0.5, 0.6) is 5.75 Å². The van der Waals surface area contributed by atoms with Gasteiger partial charge in [-0.05, 0) is 44.7 Å². The minimum Gasteiger partial charge on any atom is -0.494 e. The van der Waals surface area contributed by atoms with Crippen LogP contribution in [0.25, 0.3) is 20.4 Å². The maximum atomic E-state index is 12.5. The van der Waals surface area contributed by atoms with Crippen LogP contribution in [0, 0.1) is 5.92 Å². The number of carbonyl (C=O) groups is 1. The largest absolute Gasteiger partial charge is 0.494 e. The summed E-state index contributed by atoms with van der Waals surface area (Å²) >= 11 is 2.79. The van der Waals surface area contributed by atoms with Crippen molar-refractivity contribution in [3.63, 3.8) is 0 Å². The highest BCUT2D eigenvalue weighted by Gasteiger charge is 2.29. The smallest absolute Gasteiger partial charge is 0.305 e. The molecular formula is C22H23N5O3S2. The number of aryl methyl sites for hydroxylation is 1. The number of rotatable bonds is 5. The van der Waals surface area contributed by atoms with Crippen molar-refractivity contribution in [2.24, 2.45) is 5.92 Å². The number of ether oxygens (including phenoxy) is 1. The van der Waals surface area contributed by atoms with Gasteiger partial charge in [0.2, 0.25) is 5.91 Å². The third-order valence-corrected chi connectivity index (χ3v) is 7.65. The fraction of sp³-hybridized carbons (Fsp3) is 0.364. The molecule has 1 aromatic carbocycles. The quantitative estimate of drug-likeness (QED) is 0.408. The number of hydrogen-bond donors (Lipinski definition) is 3. The van der Waals surface area contributed by atoms with Gasteiger partial charge in [-0.2, -0.15) is 0 Å². The molecule has 1 unspecified atom stereocenters. The number of aromatic nitrogens is 3. The molecule has 8 nitrogen and oxygen atoms in total. The summed E-state index contributed by atoms with van der Waals surface area (Å²) in [7, 11) is 1.60. The Labute approximate surface area is 192 Å². The van der Waals surface area contributed by atoms with Gasteiger partial charge in [0.15, 0.2) is 0 Å². The highest BCUT2D eigenvalue weighted by atomic mass is 32.1. The lowest BCUT2D eigenvalue weighted by molar-refractivity contribution is -0.125. The molecule has 3 aromatic heterocycles. The Morgan fingerprint density at radius 2 is 2.12 bits per heavy atom. The maximum absolute atomic E-state index is 12.5. The van der Waals surface area contributed by atoms with Crippen molar-refractivity contribution >= 4 is 60.5 Å². The van der Waals surface area contributed by atoms with Crippen molar-refractivity contribution in [3.05, 3.63) is 38.6 Å². The number of thiazole rings is 1. The Morgan fingerprint density at radius 1 is 1.28 bits per heavy atom. The number of amides is 1. The topological polar surface area (TPSA) is 109 Å². The van der Waals surface area contributed by atoms with Crippen molar-refractivity contribution in [1.29, 1.82) is 0 Å². The van der Waals surface area contributed by atoms with Gasteiger partial charge in [0.1, 0.15) is 22.7 Å². The number of hydrogen-bond acceptors (Lipinski definition) is 8. The van der Waals surface area contributed by atoms with Gasteiger partial charge in [0.05, 0.1) is 28.4 Å². The summed E-state index contributed by atoms with van der Waals surface area (Å²) in [5.41, 5.74) is 2.70. The molecule has 0 fully saturated rings. The van der Waals surface area contributed by atoms with E-state index in [9.17, 15) is 9.59 Å². The summed E-state index contributed by atoms with van der Waals surface area (Å²) in [4.78, 5) is 38.1. The normalized spacial score (nSPS) is 15.8. The van der Waals surface area contributed by atoms with E-state index in [1.807, 2.05) is 26.0 Å². The summed E-state index contributed by atoms with van der Waals surface area (Å²) in [6.45, 7) is 3.97. The average Bonchev–Trinajstić information content (AvgIpc) is 3.31.